The first-order valence-corrected chi connectivity index (χ1v) is 12.8. The number of rotatable bonds is 18. The van der Waals surface area contributed by atoms with E-state index in [1.54, 1.807) is 24.3 Å². The number of carboxylic acid groups (broad SMARTS) is 2. The van der Waals surface area contributed by atoms with Crippen LogP contribution >= 0.6 is 0 Å². The summed E-state index contributed by atoms with van der Waals surface area (Å²) >= 11 is 0. The number of benzene rings is 3. The van der Waals surface area contributed by atoms with Crippen LogP contribution in [-0.4, -0.2) is 60.5 Å². The molecule has 0 amide bonds. The zero-order chi connectivity index (χ0) is 28.8. The van der Waals surface area contributed by atoms with Crippen molar-refractivity contribution in [1.29, 1.82) is 0 Å². The second-order valence-corrected chi connectivity index (χ2v) is 9.19. The van der Waals surface area contributed by atoms with Crippen LogP contribution in [0.5, 0.6) is 0 Å². The van der Waals surface area contributed by atoms with E-state index in [-0.39, 0.29) is 19.8 Å². The molecule has 212 valence electrons. The van der Waals surface area contributed by atoms with Gasteiger partial charge in [-0.25, -0.2) is 0 Å². The monoisotopic (exact) mass is 550 g/mol. The Hall–Kier alpha value is -3.89. The highest BCUT2D eigenvalue weighted by Gasteiger charge is 2.58. The van der Waals surface area contributed by atoms with Crippen LogP contribution < -0.4 is 0 Å². The maximum absolute atomic E-state index is 12.7. The third-order valence-corrected chi connectivity index (χ3v) is 6.67. The van der Waals surface area contributed by atoms with Gasteiger partial charge in [0.15, 0.2) is 6.29 Å². The average molecular weight is 551 g/mol. The number of hydrogen-bond donors (Lipinski definition) is 2. The predicted octanol–water partition coefficient (Wildman–Crippen LogP) is 3.99. The minimum absolute atomic E-state index is 0.0727. The Kier molecular flexibility index (Phi) is 12.0. The first kappa shape index (κ1) is 30.6. The lowest BCUT2D eigenvalue weighted by molar-refractivity contribution is -0.217. The van der Waals surface area contributed by atoms with Crippen molar-refractivity contribution in [2.75, 3.05) is 20.3 Å². The average Bonchev–Trinajstić information content (AvgIpc) is 2.98. The molecule has 0 aliphatic heterocycles. The van der Waals surface area contributed by atoms with Crippen LogP contribution in [-0.2, 0) is 53.2 Å². The molecule has 40 heavy (non-hydrogen) atoms. The highest BCUT2D eigenvalue weighted by Crippen LogP contribution is 2.37. The lowest BCUT2D eigenvalue weighted by Gasteiger charge is -2.44. The molecule has 0 aliphatic rings. The summed E-state index contributed by atoms with van der Waals surface area (Å²) in [6.07, 6.45) is -1.20. The number of aliphatic carboxylic acids is 2. The normalized spacial score (nSPS) is 14.9. The molecule has 3 rings (SSSR count). The molecule has 0 bridgehead atoms. The maximum Gasteiger partial charge on any atom is 0.311 e. The first-order chi connectivity index (χ1) is 19.4. The second-order valence-electron chi connectivity index (χ2n) is 9.19. The van der Waals surface area contributed by atoms with Crippen molar-refractivity contribution in [2.45, 2.75) is 31.5 Å². The highest BCUT2D eigenvalue weighted by atomic mass is 16.6. The molecular weight excluding hydrogens is 516 g/mol. The summed E-state index contributed by atoms with van der Waals surface area (Å²) in [6.45, 7) is -0.824. The number of methoxy groups -OCH3 is 1. The predicted molar refractivity (Wildman–Crippen MR) is 145 cm³/mol. The molecule has 0 saturated heterocycles. The zero-order valence-electron chi connectivity index (χ0n) is 22.3. The van der Waals surface area contributed by atoms with Crippen molar-refractivity contribution in [1.82, 2.24) is 0 Å². The van der Waals surface area contributed by atoms with Gasteiger partial charge in [0.25, 0.3) is 0 Å². The Morgan fingerprint density at radius 1 is 0.700 bits per heavy atom. The number of ether oxygens (including phenoxy) is 4. The van der Waals surface area contributed by atoms with Gasteiger partial charge in [-0.3, -0.25) is 9.59 Å². The van der Waals surface area contributed by atoms with Crippen LogP contribution in [0.2, 0.25) is 0 Å². The van der Waals surface area contributed by atoms with Gasteiger partial charge in [-0.15, -0.1) is 0 Å². The summed E-state index contributed by atoms with van der Waals surface area (Å²) in [5, 5.41) is 20.7. The van der Waals surface area contributed by atoms with Gasteiger partial charge in [0, 0.05) is 7.11 Å². The van der Waals surface area contributed by atoms with Crippen molar-refractivity contribution < 1.29 is 43.5 Å². The second kappa shape index (κ2) is 15.6. The van der Waals surface area contributed by atoms with Gasteiger partial charge in [-0.2, -0.15) is 0 Å². The van der Waals surface area contributed by atoms with Crippen molar-refractivity contribution in [3.05, 3.63) is 108 Å². The Morgan fingerprint density at radius 3 is 1.40 bits per heavy atom. The Morgan fingerprint density at radius 2 is 1.07 bits per heavy atom. The van der Waals surface area contributed by atoms with Crippen LogP contribution in [0.15, 0.2) is 91.0 Å². The summed E-state index contributed by atoms with van der Waals surface area (Å²) in [6, 6.07) is 27.1. The quantitative estimate of drug-likeness (QED) is 0.226. The summed E-state index contributed by atoms with van der Waals surface area (Å²) in [5.41, 5.74) is 0.117. The molecule has 0 aromatic heterocycles. The third kappa shape index (κ3) is 8.06. The molecule has 3 atom stereocenters. The van der Waals surface area contributed by atoms with E-state index >= 15 is 0 Å². The van der Waals surface area contributed by atoms with Gasteiger partial charge >= 0.3 is 11.9 Å². The number of carbonyl (C=O) groups excluding carboxylic acids is 1. The fourth-order valence-corrected chi connectivity index (χ4v) is 4.60. The van der Waals surface area contributed by atoms with Gasteiger partial charge in [-0.05, 0) is 16.7 Å². The molecular formula is C31H34O9. The van der Waals surface area contributed by atoms with Gasteiger partial charge in [0.05, 0.1) is 33.0 Å². The minimum atomic E-state index is -2.18. The molecule has 9 heteroatoms. The smallest absolute Gasteiger partial charge is 0.311 e. The summed E-state index contributed by atoms with van der Waals surface area (Å²) in [7, 11) is 1.17. The molecule has 0 aliphatic carbocycles. The van der Waals surface area contributed by atoms with Crippen LogP contribution in [0.1, 0.15) is 16.7 Å². The van der Waals surface area contributed by atoms with Crippen molar-refractivity contribution in [3.8, 4) is 0 Å². The van der Waals surface area contributed by atoms with Crippen molar-refractivity contribution in [2.24, 2.45) is 11.8 Å². The molecule has 3 aromatic carbocycles. The maximum atomic E-state index is 12.7. The van der Waals surface area contributed by atoms with Crippen LogP contribution in [0.4, 0.5) is 0 Å². The largest absolute Gasteiger partial charge is 0.481 e. The van der Waals surface area contributed by atoms with E-state index in [1.165, 1.54) is 7.11 Å². The van der Waals surface area contributed by atoms with E-state index in [4.69, 9.17) is 18.9 Å². The van der Waals surface area contributed by atoms with Crippen LogP contribution in [0, 0.1) is 11.8 Å². The number of aldehydes is 1. The Balaban J connectivity index is 1.94. The molecule has 0 fully saturated rings. The van der Waals surface area contributed by atoms with Gasteiger partial charge in [-0.1, -0.05) is 91.0 Å². The number of hydrogen-bond acceptors (Lipinski definition) is 7. The van der Waals surface area contributed by atoms with E-state index in [9.17, 15) is 24.6 Å². The van der Waals surface area contributed by atoms with E-state index in [2.05, 4.69) is 0 Å². The van der Waals surface area contributed by atoms with E-state index < -0.39 is 48.7 Å². The van der Waals surface area contributed by atoms with Crippen molar-refractivity contribution in [3.63, 3.8) is 0 Å². The molecule has 3 unspecified atom stereocenters. The van der Waals surface area contributed by atoms with E-state index in [0.29, 0.717) is 11.8 Å². The number of carboxylic acids is 2. The SMILES string of the molecule is COC(C(C=O)OCc1ccccc1)(C(COCc1ccccc1)C(=O)O)C(COCc1ccccc1)C(=O)O. The lowest BCUT2D eigenvalue weighted by atomic mass is 9.73. The van der Waals surface area contributed by atoms with Gasteiger partial charge < -0.3 is 34.0 Å². The standard InChI is InChI=1S/C31H34O9/c1-37-31(28(17-32)40-20-25-15-9-4-10-16-25,26(29(33)34)21-38-18-23-11-5-2-6-12-23)27(30(35)36)22-39-19-24-13-7-3-8-14-24/h2-17,26-28H,18-22H2,1H3,(H,33,34)(H,35,36). The summed E-state index contributed by atoms with van der Waals surface area (Å²) in [4.78, 5) is 37.9. The van der Waals surface area contributed by atoms with E-state index in [1.807, 2.05) is 66.7 Å². The molecule has 0 spiro atoms. The summed E-state index contributed by atoms with van der Waals surface area (Å²) < 4.78 is 23.1. The molecule has 2 N–H and O–H groups in total. The Labute approximate surface area is 233 Å². The lowest BCUT2D eigenvalue weighted by Crippen LogP contribution is -2.63. The molecule has 9 nitrogen and oxygen atoms in total. The Bertz CT molecular complexity index is 1120. The third-order valence-electron chi connectivity index (χ3n) is 6.67. The minimum Gasteiger partial charge on any atom is -0.481 e. The fourth-order valence-electron chi connectivity index (χ4n) is 4.60. The molecule has 0 radical (unpaired) electrons. The van der Waals surface area contributed by atoms with Crippen LogP contribution in [0.25, 0.3) is 0 Å². The first-order valence-electron chi connectivity index (χ1n) is 12.8. The molecule has 3 aromatic rings. The van der Waals surface area contributed by atoms with Gasteiger partial charge in [0.2, 0.25) is 0 Å². The molecule has 0 saturated carbocycles. The topological polar surface area (TPSA) is 129 Å². The highest BCUT2D eigenvalue weighted by molar-refractivity contribution is 5.79. The number of carbonyl (C=O) groups is 3. The summed E-state index contributed by atoms with van der Waals surface area (Å²) in [5.74, 6) is -6.01. The molecule has 0 heterocycles. The van der Waals surface area contributed by atoms with E-state index in [0.717, 1.165) is 11.1 Å². The zero-order valence-corrected chi connectivity index (χ0v) is 22.3. The fraction of sp³-hybridized carbons (Fsp3) is 0.323. The van der Waals surface area contributed by atoms with Gasteiger partial charge in [0.1, 0.15) is 23.5 Å². The van der Waals surface area contributed by atoms with Crippen LogP contribution in [0.3, 0.4) is 0 Å². The van der Waals surface area contributed by atoms with Crippen molar-refractivity contribution >= 4 is 18.2 Å².